The zero-order valence-electron chi connectivity index (χ0n) is 39.6. The first-order valence-corrected chi connectivity index (χ1v) is 22.4. The van der Waals surface area contributed by atoms with Crippen LogP contribution in [0.25, 0.3) is 0 Å². The Labute approximate surface area is 379 Å². The van der Waals surface area contributed by atoms with Crippen LogP contribution in [0.2, 0.25) is 0 Å². The second-order valence-electron chi connectivity index (χ2n) is 18.3. The number of alkyl carbamates (subject to hydrolysis) is 2. The normalized spacial score (nSPS) is 16.1. The molecular formula is C47H73N7O10. The number of carbonyl (C=O) groups excluding carboxylic acids is 4. The molecule has 2 aromatic rings. The Morgan fingerprint density at radius 1 is 0.672 bits per heavy atom. The second kappa shape index (κ2) is 25.6. The van der Waals surface area contributed by atoms with Crippen molar-refractivity contribution >= 4 is 35.8 Å². The Balaban J connectivity index is 1.32. The lowest BCUT2D eigenvalue weighted by Gasteiger charge is -2.32. The highest BCUT2D eigenvalue weighted by molar-refractivity contribution is 5.98. The second-order valence-corrected chi connectivity index (χ2v) is 18.3. The summed E-state index contributed by atoms with van der Waals surface area (Å²) in [6.07, 6.45) is 5.03. The molecule has 1 heterocycles. The highest BCUT2D eigenvalue weighted by Gasteiger charge is 2.31. The van der Waals surface area contributed by atoms with E-state index in [-0.39, 0.29) is 23.5 Å². The first kappa shape index (κ1) is 52.8. The van der Waals surface area contributed by atoms with Gasteiger partial charge in [-0.25, -0.2) is 19.2 Å². The molecule has 2 aromatic carbocycles. The van der Waals surface area contributed by atoms with E-state index in [0.717, 1.165) is 51.7 Å². The summed E-state index contributed by atoms with van der Waals surface area (Å²) >= 11 is 0. The first-order chi connectivity index (χ1) is 30.2. The zero-order chi connectivity index (χ0) is 47.5. The number of carbonyl (C=O) groups is 4. The highest BCUT2D eigenvalue weighted by Crippen LogP contribution is 2.23. The van der Waals surface area contributed by atoms with Gasteiger partial charge in [0.15, 0.2) is 11.7 Å². The lowest BCUT2D eigenvalue weighted by atomic mass is 9.92. The molecule has 0 bridgehead atoms. The van der Waals surface area contributed by atoms with Crippen molar-refractivity contribution in [1.82, 2.24) is 15.5 Å². The summed E-state index contributed by atoms with van der Waals surface area (Å²) in [5.74, 6) is 0.192. The molecule has 17 nitrogen and oxygen atoms in total. The molecule has 0 radical (unpaired) electrons. The molecule has 0 saturated carbocycles. The van der Waals surface area contributed by atoms with E-state index in [4.69, 9.17) is 40.1 Å². The SMILES string of the molecule is CC[C@@H](C)[C@@H](NC(=O)OC(C)(C)C)C(=O)O/N=C(\N)c1ccc(OCCCC2CCN(CCCOc3ccc(/C(N)=N/OC(=O)[C@H](NC(=O)OC(C)(C)C)[C@@H](C)CC)cc3)CC2)cc1. The van der Waals surface area contributed by atoms with Gasteiger partial charge in [0.2, 0.25) is 0 Å². The van der Waals surface area contributed by atoms with Crippen molar-refractivity contribution in [3.05, 3.63) is 59.7 Å². The van der Waals surface area contributed by atoms with Crippen molar-refractivity contribution in [2.24, 2.45) is 39.5 Å². The minimum atomic E-state index is -0.949. The third-order valence-electron chi connectivity index (χ3n) is 10.7. The number of ether oxygens (including phenoxy) is 4. The Kier molecular flexibility index (Phi) is 21.1. The summed E-state index contributed by atoms with van der Waals surface area (Å²) < 4.78 is 22.5. The van der Waals surface area contributed by atoms with Gasteiger partial charge in [-0.05, 0) is 153 Å². The average molecular weight is 896 g/mol. The van der Waals surface area contributed by atoms with Crippen molar-refractivity contribution in [2.45, 2.75) is 137 Å². The van der Waals surface area contributed by atoms with Crippen molar-refractivity contribution in [1.29, 1.82) is 0 Å². The van der Waals surface area contributed by atoms with E-state index in [1.807, 2.05) is 27.7 Å². The molecule has 1 aliphatic heterocycles. The lowest BCUT2D eigenvalue weighted by molar-refractivity contribution is -0.148. The number of nitrogens with one attached hydrogen (secondary N) is 2. The zero-order valence-corrected chi connectivity index (χ0v) is 39.6. The molecule has 0 spiro atoms. The molecular weight excluding hydrogens is 823 g/mol. The standard InChI is InChI=1S/C47H73N7O10/c1-11-31(3)38(50-44(57)61-46(5,6)7)42(55)63-52-40(48)34-16-20-36(21-17-34)59-29-13-15-33-24-27-54(28-25-33)26-14-30-60-37-22-18-35(19-23-37)41(49)53-64-43(56)39(32(4)12-2)51-45(58)62-47(8,9)10/h16-23,31-33,38-39H,11-15,24-30H2,1-10H3,(H2,48,52)(H2,49,53)(H,50,57)(H,51,58)/t31-,32+,38-,39-/m1/s1. The number of oxime groups is 2. The van der Waals surface area contributed by atoms with E-state index in [2.05, 4.69) is 25.8 Å². The first-order valence-electron chi connectivity index (χ1n) is 22.4. The van der Waals surface area contributed by atoms with E-state index < -0.39 is 47.4 Å². The van der Waals surface area contributed by atoms with E-state index in [1.54, 1.807) is 90.1 Å². The van der Waals surface area contributed by atoms with Crippen molar-refractivity contribution in [3.8, 4) is 11.5 Å². The number of benzene rings is 2. The minimum absolute atomic E-state index is 0.0165. The third-order valence-corrected chi connectivity index (χ3v) is 10.7. The van der Waals surface area contributed by atoms with Crippen LogP contribution in [0.4, 0.5) is 9.59 Å². The number of hydrogen-bond acceptors (Lipinski definition) is 13. The predicted molar refractivity (Wildman–Crippen MR) is 246 cm³/mol. The van der Waals surface area contributed by atoms with Crippen LogP contribution in [0.15, 0.2) is 58.8 Å². The van der Waals surface area contributed by atoms with Gasteiger partial charge in [-0.2, -0.15) is 0 Å². The number of amidine groups is 2. The van der Waals surface area contributed by atoms with Gasteiger partial charge < -0.3 is 55.6 Å². The van der Waals surface area contributed by atoms with Crippen LogP contribution in [-0.2, 0) is 28.7 Å². The van der Waals surface area contributed by atoms with Crippen LogP contribution in [0.5, 0.6) is 11.5 Å². The van der Waals surface area contributed by atoms with Gasteiger partial charge in [-0.1, -0.05) is 50.8 Å². The molecule has 0 unspecified atom stereocenters. The Morgan fingerprint density at radius 2 is 1.06 bits per heavy atom. The number of likely N-dealkylation sites (tertiary alicyclic amines) is 1. The summed E-state index contributed by atoms with van der Waals surface area (Å²) in [5.41, 5.74) is 11.9. The fourth-order valence-corrected chi connectivity index (χ4v) is 6.60. The fraction of sp³-hybridized carbons (Fsp3) is 0.617. The molecule has 64 heavy (non-hydrogen) atoms. The average Bonchev–Trinajstić information content (AvgIpc) is 3.24. The summed E-state index contributed by atoms with van der Waals surface area (Å²) in [6, 6.07) is 12.3. The molecule has 2 amide bonds. The highest BCUT2D eigenvalue weighted by atomic mass is 16.7. The maximum Gasteiger partial charge on any atom is 0.408 e. The van der Waals surface area contributed by atoms with Gasteiger partial charge in [0, 0.05) is 17.7 Å². The summed E-state index contributed by atoms with van der Waals surface area (Å²) in [5, 5.41) is 12.8. The minimum Gasteiger partial charge on any atom is -0.494 e. The largest absolute Gasteiger partial charge is 0.494 e. The quantitative estimate of drug-likeness (QED) is 0.0301. The Bertz CT molecular complexity index is 1700. The van der Waals surface area contributed by atoms with Crippen LogP contribution < -0.4 is 31.6 Å². The molecule has 1 fully saturated rings. The van der Waals surface area contributed by atoms with Gasteiger partial charge >= 0.3 is 24.1 Å². The third kappa shape index (κ3) is 19.4. The number of piperidine rings is 1. The number of rotatable bonds is 22. The number of amides is 2. The molecule has 0 aromatic heterocycles. The van der Waals surface area contributed by atoms with E-state index >= 15 is 0 Å². The van der Waals surface area contributed by atoms with Crippen molar-refractivity contribution < 1.29 is 47.8 Å². The topological polar surface area (TPSA) is 228 Å². The summed E-state index contributed by atoms with van der Waals surface area (Å²) in [7, 11) is 0. The molecule has 1 saturated heterocycles. The van der Waals surface area contributed by atoms with E-state index in [9.17, 15) is 19.2 Å². The van der Waals surface area contributed by atoms with Gasteiger partial charge in [-0.15, -0.1) is 0 Å². The molecule has 4 atom stereocenters. The van der Waals surface area contributed by atoms with Crippen molar-refractivity contribution in [2.75, 3.05) is 32.8 Å². The summed E-state index contributed by atoms with van der Waals surface area (Å²) in [4.78, 5) is 63.0. The predicted octanol–water partition coefficient (Wildman–Crippen LogP) is 7.23. The van der Waals surface area contributed by atoms with E-state index in [0.29, 0.717) is 54.6 Å². The van der Waals surface area contributed by atoms with Gasteiger partial charge in [0.25, 0.3) is 0 Å². The van der Waals surface area contributed by atoms with E-state index in [1.165, 1.54) is 0 Å². The monoisotopic (exact) mass is 896 g/mol. The van der Waals surface area contributed by atoms with Crippen LogP contribution in [0, 0.1) is 17.8 Å². The van der Waals surface area contributed by atoms with Gasteiger partial charge in [-0.3, -0.25) is 0 Å². The molecule has 3 rings (SSSR count). The number of nitrogens with two attached hydrogens (primary N) is 2. The lowest BCUT2D eigenvalue weighted by Crippen LogP contribution is -2.47. The molecule has 1 aliphatic rings. The maximum absolute atomic E-state index is 12.8. The molecule has 17 heteroatoms. The Morgan fingerprint density at radius 3 is 1.44 bits per heavy atom. The van der Waals surface area contributed by atoms with Gasteiger partial charge in [0.05, 0.1) is 13.2 Å². The molecule has 6 N–H and O–H groups in total. The van der Waals surface area contributed by atoms with Gasteiger partial charge in [0.1, 0.15) is 34.8 Å². The molecule has 356 valence electrons. The number of nitrogens with zero attached hydrogens (tertiary/aromatic N) is 3. The van der Waals surface area contributed by atoms with Crippen LogP contribution in [0.1, 0.15) is 125 Å². The summed E-state index contributed by atoms with van der Waals surface area (Å²) in [6.45, 7) is 22.1. The van der Waals surface area contributed by atoms with Crippen LogP contribution in [-0.4, -0.2) is 96.8 Å². The van der Waals surface area contributed by atoms with Crippen LogP contribution >= 0.6 is 0 Å². The molecule has 0 aliphatic carbocycles. The smallest absolute Gasteiger partial charge is 0.408 e. The number of hydrogen-bond donors (Lipinski definition) is 4. The fourth-order valence-electron chi connectivity index (χ4n) is 6.60. The van der Waals surface area contributed by atoms with Crippen molar-refractivity contribution in [3.63, 3.8) is 0 Å². The van der Waals surface area contributed by atoms with Crippen LogP contribution in [0.3, 0.4) is 0 Å². The Hall–Kier alpha value is -5.58. The maximum atomic E-state index is 12.8.